The van der Waals surface area contributed by atoms with Gasteiger partial charge in [0.2, 0.25) is 0 Å². The molecule has 0 fully saturated rings. The largest absolute Gasteiger partial charge is 0.256 e. The molecule has 0 aliphatic heterocycles. The van der Waals surface area contributed by atoms with Crippen LogP contribution in [-0.2, 0) is 10.8 Å². The molecule has 0 aliphatic carbocycles. The van der Waals surface area contributed by atoms with Crippen LogP contribution >= 0.6 is 0 Å². The molecule has 0 spiro atoms. The Morgan fingerprint density at radius 2 is 1.19 bits per heavy atom. The van der Waals surface area contributed by atoms with Gasteiger partial charge >= 0.3 is 0 Å². The van der Waals surface area contributed by atoms with Crippen LogP contribution in [0.3, 0.4) is 0 Å². The molecule has 2 nitrogen and oxygen atoms in total. The van der Waals surface area contributed by atoms with E-state index in [1.165, 1.54) is 11.1 Å². The summed E-state index contributed by atoms with van der Waals surface area (Å²) in [6.45, 7) is 11.2. The maximum absolute atomic E-state index is 5.10. The van der Waals surface area contributed by atoms with Crippen molar-refractivity contribution in [3.05, 3.63) is 108 Å². The normalized spacial score (nSPS) is 12.0. The minimum absolute atomic E-state index is 0.110. The van der Waals surface area contributed by atoms with Gasteiger partial charge in [0.15, 0.2) is 0 Å². The molecule has 2 heterocycles. The molecule has 0 radical (unpaired) electrons. The number of hydrogen-bond donors (Lipinski definition) is 0. The average molecular weight is 407 g/mol. The van der Waals surface area contributed by atoms with E-state index in [2.05, 4.69) is 106 Å². The van der Waals surface area contributed by atoms with Gasteiger partial charge in [-0.1, -0.05) is 83.1 Å². The zero-order valence-electron chi connectivity index (χ0n) is 19.1. The summed E-state index contributed by atoms with van der Waals surface area (Å²) < 4.78 is 0. The van der Waals surface area contributed by atoms with Gasteiger partial charge in [0.1, 0.15) is 0 Å². The monoisotopic (exact) mass is 406 g/mol. The van der Waals surface area contributed by atoms with Gasteiger partial charge in [-0.15, -0.1) is 0 Å². The van der Waals surface area contributed by atoms with Crippen molar-refractivity contribution in [3.8, 4) is 22.5 Å². The minimum atomic E-state index is -0.234. The maximum atomic E-state index is 5.10. The molecule has 0 amide bonds. The SMILES string of the molecule is CC(C)(C)c1cccc(-c2cccc(C(C)(C)c3cccc(-c4ccccn4)c3)n2)c1. The van der Waals surface area contributed by atoms with Crippen LogP contribution in [0.15, 0.2) is 91.1 Å². The van der Waals surface area contributed by atoms with E-state index in [9.17, 15) is 0 Å². The van der Waals surface area contributed by atoms with E-state index in [0.717, 1.165) is 28.2 Å². The van der Waals surface area contributed by atoms with Crippen molar-refractivity contribution in [1.82, 2.24) is 9.97 Å². The van der Waals surface area contributed by atoms with E-state index in [1.54, 1.807) is 0 Å². The molecule has 31 heavy (non-hydrogen) atoms. The van der Waals surface area contributed by atoms with Gasteiger partial charge in [-0.05, 0) is 52.9 Å². The first-order valence-electron chi connectivity index (χ1n) is 10.9. The Labute approximate surface area is 186 Å². The van der Waals surface area contributed by atoms with Crippen molar-refractivity contribution in [1.29, 1.82) is 0 Å². The first-order chi connectivity index (χ1) is 14.7. The van der Waals surface area contributed by atoms with E-state index < -0.39 is 0 Å². The predicted octanol–water partition coefficient (Wildman–Crippen LogP) is 7.43. The standard InChI is InChI=1S/C29H30N2/c1-28(2,3)23-13-8-12-22(19-23)26-16-10-17-27(31-26)29(4,5)24-14-9-11-21(20-24)25-15-6-7-18-30-25/h6-20H,1-5H3. The number of benzene rings is 2. The second kappa shape index (κ2) is 8.11. The highest BCUT2D eigenvalue weighted by atomic mass is 14.7. The molecule has 0 saturated heterocycles. The third-order valence-electron chi connectivity index (χ3n) is 5.96. The fourth-order valence-corrected chi connectivity index (χ4v) is 3.84. The maximum Gasteiger partial charge on any atom is 0.0705 e. The van der Waals surface area contributed by atoms with Crippen LogP contribution < -0.4 is 0 Å². The Morgan fingerprint density at radius 1 is 0.581 bits per heavy atom. The summed E-state index contributed by atoms with van der Waals surface area (Å²) in [7, 11) is 0. The molecule has 156 valence electrons. The smallest absolute Gasteiger partial charge is 0.0705 e. The Kier molecular flexibility index (Phi) is 5.49. The van der Waals surface area contributed by atoms with Crippen LogP contribution in [0.5, 0.6) is 0 Å². The van der Waals surface area contributed by atoms with Crippen molar-refractivity contribution >= 4 is 0 Å². The first kappa shape index (κ1) is 21.0. The van der Waals surface area contributed by atoms with E-state index in [-0.39, 0.29) is 10.8 Å². The van der Waals surface area contributed by atoms with Gasteiger partial charge in [0.25, 0.3) is 0 Å². The van der Waals surface area contributed by atoms with Crippen LogP contribution in [0.4, 0.5) is 0 Å². The van der Waals surface area contributed by atoms with Crippen LogP contribution in [0.1, 0.15) is 51.4 Å². The summed E-state index contributed by atoms with van der Waals surface area (Å²) in [5, 5.41) is 0. The van der Waals surface area contributed by atoms with E-state index in [4.69, 9.17) is 4.98 Å². The summed E-state index contributed by atoms with van der Waals surface area (Å²) in [5.41, 5.74) is 7.76. The third kappa shape index (κ3) is 4.44. The number of nitrogens with zero attached hydrogens (tertiary/aromatic N) is 2. The van der Waals surface area contributed by atoms with Crippen LogP contribution in [-0.4, -0.2) is 9.97 Å². The Balaban J connectivity index is 1.72. The molecule has 0 N–H and O–H groups in total. The quantitative estimate of drug-likeness (QED) is 0.352. The van der Waals surface area contributed by atoms with E-state index in [0.29, 0.717) is 0 Å². The Hall–Kier alpha value is -3.26. The highest BCUT2D eigenvalue weighted by molar-refractivity contribution is 5.63. The summed E-state index contributed by atoms with van der Waals surface area (Å²) in [5.74, 6) is 0. The Morgan fingerprint density at radius 3 is 1.87 bits per heavy atom. The number of aromatic nitrogens is 2. The summed E-state index contributed by atoms with van der Waals surface area (Å²) in [4.78, 5) is 9.61. The third-order valence-corrected chi connectivity index (χ3v) is 5.96. The molecule has 2 aromatic carbocycles. The van der Waals surface area contributed by atoms with Crippen molar-refractivity contribution in [3.63, 3.8) is 0 Å². The molecule has 2 heteroatoms. The average Bonchev–Trinajstić information content (AvgIpc) is 2.79. The first-order valence-corrected chi connectivity index (χ1v) is 10.9. The van der Waals surface area contributed by atoms with Gasteiger partial charge < -0.3 is 0 Å². The molecular weight excluding hydrogens is 376 g/mol. The van der Waals surface area contributed by atoms with Gasteiger partial charge in [-0.3, -0.25) is 9.97 Å². The van der Waals surface area contributed by atoms with Gasteiger partial charge in [-0.2, -0.15) is 0 Å². The molecule has 0 aliphatic rings. The second-order valence-electron chi connectivity index (χ2n) is 9.66. The topological polar surface area (TPSA) is 25.8 Å². The van der Waals surface area contributed by atoms with Gasteiger partial charge in [-0.25, -0.2) is 0 Å². The number of rotatable bonds is 4. The zero-order chi connectivity index (χ0) is 22.1. The molecule has 0 atom stereocenters. The lowest BCUT2D eigenvalue weighted by Gasteiger charge is -2.26. The van der Waals surface area contributed by atoms with E-state index in [1.807, 2.05) is 24.4 Å². The summed E-state index contributed by atoms with van der Waals surface area (Å²) in [6, 6.07) is 29.7. The van der Waals surface area contributed by atoms with Crippen LogP contribution in [0, 0.1) is 0 Å². The van der Waals surface area contributed by atoms with Gasteiger partial charge in [0.05, 0.1) is 17.1 Å². The van der Waals surface area contributed by atoms with Crippen LogP contribution in [0.25, 0.3) is 22.5 Å². The molecule has 4 rings (SSSR count). The van der Waals surface area contributed by atoms with Crippen LogP contribution in [0.2, 0.25) is 0 Å². The second-order valence-corrected chi connectivity index (χ2v) is 9.66. The molecule has 0 saturated carbocycles. The molecule has 0 unspecified atom stereocenters. The fourth-order valence-electron chi connectivity index (χ4n) is 3.84. The lowest BCUT2D eigenvalue weighted by molar-refractivity contribution is 0.590. The minimum Gasteiger partial charge on any atom is -0.256 e. The highest BCUT2D eigenvalue weighted by Crippen LogP contribution is 2.34. The van der Waals surface area contributed by atoms with E-state index >= 15 is 0 Å². The molecular formula is C29H30N2. The van der Waals surface area contributed by atoms with Gasteiger partial charge in [0, 0.05) is 22.7 Å². The number of hydrogen-bond acceptors (Lipinski definition) is 2. The lowest BCUT2D eigenvalue weighted by atomic mass is 9.80. The van der Waals surface area contributed by atoms with Crippen molar-refractivity contribution in [2.75, 3.05) is 0 Å². The van der Waals surface area contributed by atoms with Crippen molar-refractivity contribution in [2.45, 2.75) is 45.4 Å². The zero-order valence-corrected chi connectivity index (χ0v) is 19.1. The van der Waals surface area contributed by atoms with Crippen molar-refractivity contribution in [2.24, 2.45) is 0 Å². The fraction of sp³-hybridized carbons (Fsp3) is 0.241. The summed E-state index contributed by atoms with van der Waals surface area (Å²) >= 11 is 0. The van der Waals surface area contributed by atoms with Crippen molar-refractivity contribution < 1.29 is 0 Å². The molecule has 4 aromatic rings. The number of pyridine rings is 2. The lowest BCUT2D eigenvalue weighted by Crippen LogP contribution is -2.21. The molecule has 2 aromatic heterocycles. The summed E-state index contributed by atoms with van der Waals surface area (Å²) in [6.07, 6.45) is 1.84. The molecule has 0 bridgehead atoms. The highest BCUT2D eigenvalue weighted by Gasteiger charge is 2.25. The Bertz CT molecular complexity index is 1180. The predicted molar refractivity (Wildman–Crippen MR) is 130 cm³/mol.